The molecule has 0 aliphatic rings. The van der Waals surface area contributed by atoms with Crippen LogP contribution in [0.5, 0.6) is 0 Å². The summed E-state index contributed by atoms with van der Waals surface area (Å²) in [5.41, 5.74) is 3.01. The Balaban J connectivity index is 2.14. The molecule has 0 saturated carbocycles. The highest BCUT2D eigenvalue weighted by Crippen LogP contribution is 2.22. The molecule has 0 spiro atoms. The number of amidine groups is 1. The molecule has 0 fully saturated rings. The van der Waals surface area contributed by atoms with E-state index >= 15 is 0 Å². The first-order chi connectivity index (χ1) is 11.5. The summed E-state index contributed by atoms with van der Waals surface area (Å²) in [5.74, 6) is -0.536. The number of aliphatic imine (C=N–C) groups is 1. The molecule has 0 aliphatic heterocycles. The van der Waals surface area contributed by atoms with Crippen molar-refractivity contribution in [1.29, 1.82) is 0 Å². The first-order valence-electron chi connectivity index (χ1n) is 7.12. The largest absolute Gasteiger partial charge is 0.310 e. The van der Waals surface area contributed by atoms with Gasteiger partial charge in [-0.3, -0.25) is 10.7 Å². The molecule has 24 heavy (non-hydrogen) atoms. The maximum Gasteiger partial charge on any atom is 0.182 e. The minimum atomic E-state index is -0.553. The van der Waals surface area contributed by atoms with E-state index < -0.39 is 5.82 Å². The fourth-order valence-corrected chi connectivity index (χ4v) is 2.00. The van der Waals surface area contributed by atoms with Crippen LogP contribution in [0.2, 0.25) is 5.02 Å². The average Bonchev–Trinajstić information content (AvgIpc) is 3.00. The van der Waals surface area contributed by atoms with Crippen molar-refractivity contribution >= 4 is 23.1 Å². The van der Waals surface area contributed by atoms with E-state index in [0.29, 0.717) is 17.9 Å². The molecule has 0 radical (unpaired) electrons. The summed E-state index contributed by atoms with van der Waals surface area (Å²) in [6.07, 6.45) is 0. The zero-order chi connectivity index (χ0) is 17.5. The van der Waals surface area contributed by atoms with Gasteiger partial charge in [-0.05, 0) is 37.5 Å². The summed E-state index contributed by atoms with van der Waals surface area (Å²) in [6, 6.07) is 3.93. The number of rotatable bonds is 7. The van der Waals surface area contributed by atoms with Crippen LogP contribution < -0.4 is 10.8 Å². The quantitative estimate of drug-likeness (QED) is 0.300. The maximum absolute atomic E-state index is 13.2. The molecule has 130 valence electrons. The van der Waals surface area contributed by atoms with Gasteiger partial charge in [0.2, 0.25) is 0 Å². The van der Waals surface area contributed by atoms with Gasteiger partial charge in [0.05, 0.1) is 10.7 Å². The average molecular weight is 357 g/mol. The molecule has 10 heteroatoms. The normalized spacial score (nSPS) is 12.0. The lowest BCUT2D eigenvalue weighted by Crippen LogP contribution is -2.28. The second kappa shape index (κ2) is 8.69. The monoisotopic (exact) mass is 356 g/mol. The molecule has 2 rings (SSSR count). The van der Waals surface area contributed by atoms with Crippen LogP contribution in [0.15, 0.2) is 27.8 Å². The van der Waals surface area contributed by atoms with Gasteiger partial charge < -0.3 is 10.2 Å². The summed E-state index contributed by atoms with van der Waals surface area (Å²) in [6.45, 7) is 1.98. The Morgan fingerprint density at radius 2 is 2.21 bits per heavy atom. The van der Waals surface area contributed by atoms with Crippen molar-refractivity contribution < 1.29 is 14.2 Å². The first-order valence-corrected chi connectivity index (χ1v) is 7.50. The van der Waals surface area contributed by atoms with E-state index in [1.54, 1.807) is 0 Å². The molecule has 0 atom stereocenters. The summed E-state index contributed by atoms with van der Waals surface area (Å²) in [5, 5.41) is 20.0. The van der Waals surface area contributed by atoms with E-state index in [0.717, 1.165) is 13.1 Å². The number of aromatic nitrogens is 2. The molecule has 0 amide bonds. The number of likely N-dealkylation sites (N-methyl/N-ethyl adjacent to an activating group) is 1. The molecule has 3 N–H and O–H groups in total. The Hall–Kier alpha value is -2.07. The third-order valence-electron chi connectivity index (χ3n) is 3.06. The zero-order valence-electron chi connectivity index (χ0n) is 13.3. The molecule has 1 aromatic heterocycles. The van der Waals surface area contributed by atoms with Gasteiger partial charge in [0.15, 0.2) is 11.5 Å². The third-order valence-corrected chi connectivity index (χ3v) is 3.35. The van der Waals surface area contributed by atoms with E-state index in [1.165, 1.54) is 18.2 Å². The Kier molecular flexibility index (Phi) is 6.62. The van der Waals surface area contributed by atoms with Crippen LogP contribution >= 0.6 is 11.6 Å². The van der Waals surface area contributed by atoms with Crippen molar-refractivity contribution in [3.05, 3.63) is 40.4 Å². The first kappa shape index (κ1) is 18.3. The van der Waals surface area contributed by atoms with Gasteiger partial charge in [0.1, 0.15) is 11.5 Å². The van der Waals surface area contributed by atoms with Crippen molar-refractivity contribution in [3.8, 4) is 0 Å². The van der Waals surface area contributed by atoms with Gasteiger partial charge in [0, 0.05) is 19.6 Å². The molecule has 1 aromatic carbocycles. The lowest BCUT2D eigenvalue weighted by molar-refractivity contribution is 0.234. The number of nitrogens with zero attached hydrogens (tertiary/aromatic N) is 4. The highest BCUT2D eigenvalue weighted by atomic mass is 35.5. The Morgan fingerprint density at radius 1 is 1.42 bits per heavy atom. The highest BCUT2D eigenvalue weighted by molar-refractivity contribution is 6.31. The maximum atomic E-state index is 13.2. The molecular weight excluding hydrogens is 339 g/mol. The molecular formula is C14H18ClFN6O2. The minimum absolute atomic E-state index is 0.0170. The predicted octanol–water partition coefficient (Wildman–Crippen LogP) is 1.57. The fourth-order valence-electron chi connectivity index (χ4n) is 1.83. The molecule has 0 saturated heterocycles. The Bertz CT molecular complexity index is 706. The molecule has 0 unspecified atom stereocenters. The topological polar surface area (TPSA) is 98.8 Å². The number of hydroxylamine groups is 1. The number of hydrogen-bond acceptors (Lipinski definition) is 7. The summed E-state index contributed by atoms with van der Waals surface area (Å²) in [7, 11) is 3.94. The van der Waals surface area contributed by atoms with Gasteiger partial charge in [-0.1, -0.05) is 16.8 Å². The van der Waals surface area contributed by atoms with Gasteiger partial charge in [0.25, 0.3) is 0 Å². The number of nitrogens with one attached hydrogen (secondary N) is 2. The standard InChI is InChI=1S/C14H18ClFN6O2/c1-22(2)6-5-17-8-12-13(21-24-20-12)14(19-23)18-9-3-4-11(16)10(15)7-9/h3-4,7,17,23H,5-6,8H2,1-2H3,(H,18,19). The Morgan fingerprint density at radius 3 is 2.88 bits per heavy atom. The molecule has 0 bridgehead atoms. The lowest BCUT2D eigenvalue weighted by Gasteiger charge is -2.09. The van der Waals surface area contributed by atoms with E-state index in [-0.39, 0.29) is 16.6 Å². The fraction of sp³-hybridized carbons (Fsp3) is 0.357. The van der Waals surface area contributed by atoms with Gasteiger partial charge in [-0.15, -0.1) is 0 Å². The van der Waals surface area contributed by atoms with Crippen LogP contribution in [0.3, 0.4) is 0 Å². The number of benzene rings is 1. The summed E-state index contributed by atoms with van der Waals surface area (Å²) in [4.78, 5) is 6.18. The van der Waals surface area contributed by atoms with E-state index in [2.05, 4.69) is 20.6 Å². The number of hydrogen-bond donors (Lipinski definition) is 3. The smallest absolute Gasteiger partial charge is 0.182 e. The molecule has 0 aliphatic carbocycles. The van der Waals surface area contributed by atoms with Crippen LogP contribution in [-0.2, 0) is 6.54 Å². The van der Waals surface area contributed by atoms with Crippen LogP contribution in [0.4, 0.5) is 10.1 Å². The predicted molar refractivity (Wildman–Crippen MR) is 87.1 cm³/mol. The SMILES string of the molecule is CN(C)CCNCc1nonc1C(=Nc1ccc(F)c(Cl)c1)NO. The summed E-state index contributed by atoms with van der Waals surface area (Å²) < 4.78 is 17.9. The summed E-state index contributed by atoms with van der Waals surface area (Å²) >= 11 is 5.72. The van der Waals surface area contributed by atoms with Crippen molar-refractivity contribution in [2.75, 3.05) is 27.2 Å². The zero-order valence-corrected chi connectivity index (χ0v) is 14.0. The van der Waals surface area contributed by atoms with Crippen LogP contribution in [-0.4, -0.2) is 53.4 Å². The van der Waals surface area contributed by atoms with E-state index in [4.69, 9.17) is 16.2 Å². The molecule has 2 aromatic rings. The van der Waals surface area contributed by atoms with Gasteiger partial charge >= 0.3 is 0 Å². The van der Waals surface area contributed by atoms with Crippen molar-refractivity contribution in [3.63, 3.8) is 0 Å². The highest BCUT2D eigenvalue weighted by Gasteiger charge is 2.16. The van der Waals surface area contributed by atoms with E-state index in [1.807, 2.05) is 24.5 Å². The lowest BCUT2D eigenvalue weighted by atomic mass is 10.2. The van der Waals surface area contributed by atoms with Crippen molar-refractivity contribution in [2.45, 2.75) is 6.54 Å². The Labute approximate surface area is 143 Å². The third kappa shape index (κ3) is 4.96. The molecule has 8 nitrogen and oxygen atoms in total. The van der Waals surface area contributed by atoms with Crippen LogP contribution in [0, 0.1) is 5.82 Å². The van der Waals surface area contributed by atoms with Gasteiger partial charge in [-0.25, -0.2) is 14.0 Å². The molecule has 1 heterocycles. The van der Waals surface area contributed by atoms with Crippen LogP contribution in [0.25, 0.3) is 0 Å². The van der Waals surface area contributed by atoms with Gasteiger partial charge in [-0.2, -0.15) is 0 Å². The second-order valence-corrected chi connectivity index (χ2v) is 5.62. The minimum Gasteiger partial charge on any atom is -0.310 e. The number of halogens is 2. The van der Waals surface area contributed by atoms with E-state index in [9.17, 15) is 9.60 Å². The van der Waals surface area contributed by atoms with Crippen LogP contribution in [0.1, 0.15) is 11.4 Å². The van der Waals surface area contributed by atoms with Crippen molar-refractivity contribution in [1.82, 2.24) is 26.0 Å². The second-order valence-electron chi connectivity index (χ2n) is 5.21. The van der Waals surface area contributed by atoms with Crippen molar-refractivity contribution in [2.24, 2.45) is 4.99 Å².